The molecule has 0 unspecified atom stereocenters. The summed E-state index contributed by atoms with van der Waals surface area (Å²) in [5, 5.41) is 0. The van der Waals surface area contributed by atoms with Gasteiger partial charge < -0.3 is 14.6 Å². The van der Waals surface area contributed by atoms with Gasteiger partial charge in [0.15, 0.2) is 0 Å². The van der Waals surface area contributed by atoms with E-state index in [9.17, 15) is 4.79 Å². The molecule has 3 rings (SSSR count). The predicted octanol–water partition coefficient (Wildman–Crippen LogP) is 1.99. The predicted molar refractivity (Wildman–Crippen MR) is 66.1 cm³/mol. The van der Waals surface area contributed by atoms with Crippen LogP contribution in [0.4, 0.5) is 4.79 Å². The van der Waals surface area contributed by atoms with Crippen molar-refractivity contribution in [3.63, 3.8) is 0 Å². The zero-order valence-corrected chi connectivity index (χ0v) is 11.0. The molecule has 5 heteroatoms. The molecule has 0 radical (unpaired) electrons. The van der Waals surface area contributed by atoms with Crippen LogP contribution < -0.4 is 0 Å². The van der Waals surface area contributed by atoms with Gasteiger partial charge in [0, 0.05) is 31.4 Å². The first-order chi connectivity index (χ1) is 8.46. The number of carbonyl (C=O) groups excluding carboxylic acids is 1. The number of imidazole rings is 1. The highest BCUT2D eigenvalue weighted by atomic mass is 16.6. The number of hydrogen-bond donors (Lipinski definition) is 1. The number of piperidine rings is 1. The Morgan fingerprint density at radius 3 is 2.61 bits per heavy atom. The molecule has 3 atom stereocenters. The highest BCUT2D eigenvalue weighted by molar-refractivity contribution is 5.69. The van der Waals surface area contributed by atoms with E-state index in [-0.39, 0.29) is 6.09 Å². The highest BCUT2D eigenvalue weighted by Gasteiger charge is 2.58. The molecule has 18 heavy (non-hydrogen) atoms. The fraction of sp³-hybridized carbons (Fsp3) is 0.692. The Morgan fingerprint density at radius 1 is 1.44 bits per heavy atom. The number of nitrogens with zero attached hydrogens (tertiary/aromatic N) is 2. The van der Waals surface area contributed by atoms with Crippen LogP contribution in [0.1, 0.15) is 32.5 Å². The van der Waals surface area contributed by atoms with Crippen LogP contribution >= 0.6 is 0 Å². The lowest BCUT2D eigenvalue weighted by molar-refractivity contribution is 0.0270. The number of amides is 1. The second-order valence-electron chi connectivity index (χ2n) is 6.21. The fourth-order valence-electron chi connectivity index (χ4n) is 2.87. The molecule has 2 heterocycles. The van der Waals surface area contributed by atoms with Crippen molar-refractivity contribution in [2.75, 3.05) is 13.1 Å². The summed E-state index contributed by atoms with van der Waals surface area (Å²) in [4.78, 5) is 21.2. The molecule has 1 saturated carbocycles. The van der Waals surface area contributed by atoms with E-state index in [1.54, 1.807) is 6.20 Å². The topological polar surface area (TPSA) is 58.2 Å². The van der Waals surface area contributed by atoms with Gasteiger partial charge in [-0.1, -0.05) is 0 Å². The van der Waals surface area contributed by atoms with Crippen molar-refractivity contribution in [1.82, 2.24) is 14.9 Å². The number of ether oxygens (including phenoxy) is 1. The van der Waals surface area contributed by atoms with Crippen molar-refractivity contribution in [2.24, 2.45) is 11.8 Å². The van der Waals surface area contributed by atoms with Gasteiger partial charge in [0.1, 0.15) is 11.4 Å². The van der Waals surface area contributed by atoms with Gasteiger partial charge in [0.05, 0.1) is 0 Å². The Morgan fingerprint density at radius 2 is 2.11 bits per heavy atom. The minimum atomic E-state index is -0.412. The van der Waals surface area contributed by atoms with E-state index in [0.717, 1.165) is 18.9 Å². The molecule has 5 nitrogen and oxygen atoms in total. The van der Waals surface area contributed by atoms with Gasteiger partial charge in [-0.3, -0.25) is 0 Å². The molecule has 1 amide bonds. The Balaban J connectivity index is 1.56. The molecule has 1 aromatic heterocycles. The Labute approximate surface area is 107 Å². The lowest BCUT2D eigenvalue weighted by Gasteiger charge is -2.25. The van der Waals surface area contributed by atoms with E-state index in [1.165, 1.54) is 0 Å². The molecule has 98 valence electrons. The van der Waals surface area contributed by atoms with Crippen molar-refractivity contribution < 1.29 is 9.53 Å². The molecule has 1 saturated heterocycles. The Kier molecular flexibility index (Phi) is 2.40. The number of hydrogen-bond acceptors (Lipinski definition) is 3. The maximum atomic E-state index is 11.9. The van der Waals surface area contributed by atoms with Gasteiger partial charge in [0.2, 0.25) is 0 Å². The summed E-state index contributed by atoms with van der Waals surface area (Å²) in [6, 6.07) is 0. The third-order valence-electron chi connectivity index (χ3n) is 3.68. The van der Waals surface area contributed by atoms with Crippen LogP contribution in [-0.4, -0.2) is 39.7 Å². The van der Waals surface area contributed by atoms with Crippen LogP contribution in [-0.2, 0) is 4.74 Å². The molecule has 1 aromatic rings. The summed E-state index contributed by atoms with van der Waals surface area (Å²) in [6.45, 7) is 7.28. The van der Waals surface area contributed by atoms with E-state index < -0.39 is 5.60 Å². The number of aromatic nitrogens is 2. The van der Waals surface area contributed by atoms with Crippen LogP contribution in [0.5, 0.6) is 0 Å². The zero-order valence-electron chi connectivity index (χ0n) is 11.0. The van der Waals surface area contributed by atoms with Gasteiger partial charge in [-0.15, -0.1) is 0 Å². The zero-order chi connectivity index (χ0) is 12.9. The maximum Gasteiger partial charge on any atom is 0.410 e. The first kappa shape index (κ1) is 11.6. The second-order valence-corrected chi connectivity index (χ2v) is 6.21. The van der Waals surface area contributed by atoms with E-state index >= 15 is 0 Å². The van der Waals surface area contributed by atoms with Crippen LogP contribution in [0.15, 0.2) is 12.4 Å². The average Bonchev–Trinajstić information content (AvgIpc) is 2.76. The quantitative estimate of drug-likeness (QED) is 0.828. The number of likely N-dealkylation sites (tertiary alicyclic amines) is 1. The van der Waals surface area contributed by atoms with Crippen LogP contribution in [0, 0.1) is 11.8 Å². The van der Waals surface area contributed by atoms with E-state index in [1.807, 2.05) is 31.9 Å². The summed E-state index contributed by atoms with van der Waals surface area (Å²) in [6.07, 6.45) is 3.46. The number of carbonyl (C=O) groups is 1. The SMILES string of the molecule is CC(C)(C)OC(=O)N1C[C@@H]2[C@H](C1)[C@H]2c1ncc[nH]1. The second kappa shape index (κ2) is 3.73. The molecule has 0 spiro atoms. The largest absolute Gasteiger partial charge is 0.444 e. The van der Waals surface area contributed by atoms with Crippen LogP contribution in [0.2, 0.25) is 0 Å². The summed E-state index contributed by atoms with van der Waals surface area (Å²) in [7, 11) is 0. The Bertz CT molecular complexity index is 437. The van der Waals surface area contributed by atoms with Gasteiger partial charge in [-0.25, -0.2) is 9.78 Å². The molecular formula is C13H19N3O2. The maximum absolute atomic E-state index is 11.9. The van der Waals surface area contributed by atoms with E-state index in [0.29, 0.717) is 17.8 Å². The average molecular weight is 249 g/mol. The third kappa shape index (κ3) is 1.98. The van der Waals surface area contributed by atoms with E-state index in [4.69, 9.17) is 4.74 Å². The fourth-order valence-corrected chi connectivity index (χ4v) is 2.87. The number of H-pyrrole nitrogens is 1. The normalized spacial score (nSPS) is 30.2. The first-order valence-electron chi connectivity index (χ1n) is 6.43. The van der Waals surface area contributed by atoms with Crippen LogP contribution in [0.25, 0.3) is 0 Å². The van der Waals surface area contributed by atoms with Crippen molar-refractivity contribution in [2.45, 2.75) is 32.3 Å². The molecule has 1 N–H and O–H groups in total. The molecule has 0 bridgehead atoms. The summed E-state index contributed by atoms with van der Waals surface area (Å²) < 4.78 is 5.38. The number of rotatable bonds is 1. The number of nitrogens with one attached hydrogen (secondary N) is 1. The van der Waals surface area contributed by atoms with Crippen molar-refractivity contribution in [3.8, 4) is 0 Å². The van der Waals surface area contributed by atoms with Gasteiger partial charge in [0.25, 0.3) is 0 Å². The van der Waals surface area contributed by atoms with E-state index in [2.05, 4.69) is 9.97 Å². The highest BCUT2D eigenvalue weighted by Crippen LogP contribution is 2.57. The third-order valence-corrected chi connectivity index (χ3v) is 3.68. The minimum Gasteiger partial charge on any atom is -0.444 e. The standard InChI is InChI=1S/C13H19N3O2/c1-13(2,3)18-12(17)16-6-8-9(7-16)10(8)11-14-4-5-15-11/h4-5,8-10H,6-7H2,1-3H3,(H,14,15)/t8-,9+,10+. The van der Waals surface area contributed by atoms with Gasteiger partial charge >= 0.3 is 6.09 Å². The monoisotopic (exact) mass is 249 g/mol. The molecule has 2 fully saturated rings. The van der Waals surface area contributed by atoms with Crippen molar-refractivity contribution in [1.29, 1.82) is 0 Å². The summed E-state index contributed by atoms with van der Waals surface area (Å²) in [5.41, 5.74) is -0.412. The minimum absolute atomic E-state index is 0.187. The molecule has 1 aliphatic carbocycles. The molecule has 1 aliphatic heterocycles. The number of aromatic amines is 1. The number of fused-ring (bicyclic) bond motifs is 1. The van der Waals surface area contributed by atoms with Crippen molar-refractivity contribution >= 4 is 6.09 Å². The summed E-state index contributed by atoms with van der Waals surface area (Å²) in [5.74, 6) is 2.69. The van der Waals surface area contributed by atoms with Crippen molar-refractivity contribution in [3.05, 3.63) is 18.2 Å². The van der Waals surface area contributed by atoms with Gasteiger partial charge in [-0.05, 0) is 32.6 Å². The lowest BCUT2D eigenvalue weighted by atomic mass is 10.2. The van der Waals surface area contributed by atoms with Crippen LogP contribution in [0.3, 0.4) is 0 Å². The smallest absolute Gasteiger partial charge is 0.410 e. The lowest BCUT2D eigenvalue weighted by Crippen LogP contribution is -2.36. The molecular weight excluding hydrogens is 230 g/mol. The summed E-state index contributed by atoms with van der Waals surface area (Å²) >= 11 is 0. The van der Waals surface area contributed by atoms with Gasteiger partial charge in [-0.2, -0.15) is 0 Å². The first-order valence-corrected chi connectivity index (χ1v) is 6.43. The molecule has 0 aromatic carbocycles. The Hall–Kier alpha value is -1.52. The molecule has 2 aliphatic rings.